The highest BCUT2D eigenvalue weighted by Crippen LogP contribution is 2.33. The van der Waals surface area contributed by atoms with E-state index < -0.39 is 47.6 Å². The summed E-state index contributed by atoms with van der Waals surface area (Å²) >= 11 is 1.13. The number of esters is 4. The molecule has 0 amide bonds. The number of carbonyl (C=O) groups excluding carboxylic acids is 4. The number of thioether (sulfide) groups is 1. The SMILES string of the molecule is CC(=O)O[C@@H]1[C@H](OC(C)=O)[C@@H](OC(C)=O)SC[C@H]1OC(C)=O. The van der Waals surface area contributed by atoms with E-state index in [1.165, 1.54) is 27.7 Å². The first-order valence-electron chi connectivity index (χ1n) is 6.51. The second-order valence-corrected chi connectivity index (χ2v) is 5.74. The lowest BCUT2D eigenvalue weighted by atomic mass is 10.1. The third kappa shape index (κ3) is 5.55. The van der Waals surface area contributed by atoms with Crippen LogP contribution in [0.3, 0.4) is 0 Å². The first-order valence-corrected chi connectivity index (χ1v) is 7.56. The van der Waals surface area contributed by atoms with E-state index in [-0.39, 0.29) is 5.75 Å². The van der Waals surface area contributed by atoms with Crippen LogP contribution in [0.4, 0.5) is 0 Å². The normalized spacial score (nSPS) is 27.5. The van der Waals surface area contributed by atoms with E-state index in [1.807, 2.05) is 0 Å². The number of ether oxygens (including phenoxy) is 4. The van der Waals surface area contributed by atoms with Gasteiger partial charge in [0.25, 0.3) is 0 Å². The van der Waals surface area contributed by atoms with Gasteiger partial charge < -0.3 is 18.9 Å². The second kappa shape index (κ2) is 8.02. The maximum Gasteiger partial charge on any atom is 0.303 e. The molecule has 8 nitrogen and oxygen atoms in total. The van der Waals surface area contributed by atoms with Gasteiger partial charge in [-0.2, -0.15) is 0 Å². The molecule has 1 saturated heterocycles. The minimum absolute atomic E-state index is 0.229. The molecular weight excluding hydrogens is 316 g/mol. The second-order valence-electron chi connectivity index (χ2n) is 4.61. The Hall–Kier alpha value is -1.77. The average molecular weight is 334 g/mol. The molecule has 0 aromatic carbocycles. The van der Waals surface area contributed by atoms with Crippen molar-refractivity contribution in [2.75, 3.05) is 5.75 Å². The Kier molecular flexibility index (Phi) is 6.66. The maximum absolute atomic E-state index is 11.3. The van der Waals surface area contributed by atoms with Gasteiger partial charge in [0, 0.05) is 33.4 Å². The van der Waals surface area contributed by atoms with Gasteiger partial charge in [-0.25, -0.2) is 0 Å². The fourth-order valence-electron chi connectivity index (χ4n) is 1.97. The van der Waals surface area contributed by atoms with E-state index in [0.29, 0.717) is 0 Å². The molecule has 0 radical (unpaired) electrons. The third-order valence-electron chi connectivity index (χ3n) is 2.59. The van der Waals surface area contributed by atoms with Gasteiger partial charge in [0.05, 0.1) is 0 Å². The summed E-state index contributed by atoms with van der Waals surface area (Å²) in [4.78, 5) is 44.9. The molecule has 0 aliphatic carbocycles. The Balaban J connectivity index is 3.03. The highest BCUT2D eigenvalue weighted by atomic mass is 32.2. The molecule has 1 fully saturated rings. The zero-order valence-electron chi connectivity index (χ0n) is 12.7. The van der Waals surface area contributed by atoms with Crippen LogP contribution in [0.25, 0.3) is 0 Å². The first-order chi connectivity index (χ1) is 10.2. The van der Waals surface area contributed by atoms with E-state index in [2.05, 4.69) is 0 Å². The predicted molar refractivity (Wildman–Crippen MR) is 74.7 cm³/mol. The predicted octanol–water partition coefficient (Wildman–Crippen LogP) is 0.417. The van der Waals surface area contributed by atoms with Crippen LogP contribution >= 0.6 is 11.8 Å². The van der Waals surface area contributed by atoms with Crippen molar-refractivity contribution in [3.8, 4) is 0 Å². The molecule has 124 valence electrons. The van der Waals surface area contributed by atoms with Crippen LogP contribution in [0, 0.1) is 0 Å². The highest BCUT2D eigenvalue weighted by molar-refractivity contribution is 7.99. The Labute approximate surface area is 131 Å². The topological polar surface area (TPSA) is 105 Å². The Morgan fingerprint density at radius 3 is 1.64 bits per heavy atom. The molecule has 22 heavy (non-hydrogen) atoms. The van der Waals surface area contributed by atoms with E-state index in [4.69, 9.17) is 18.9 Å². The molecule has 1 aliphatic rings. The van der Waals surface area contributed by atoms with Crippen LogP contribution in [-0.2, 0) is 38.1 Å². The van der Waals surface area contributed by atoms with Gasteiger partial charge >= 0.3 is 23.9 Å². The van der Waals surface area contributed by atoms with Gasteiger partial charge in [-0.1, -0.05) is 0 Å². The molecule has 9 heteroatoms. The van der Waals surface area contributed by atoms with Gasteiger partial charge in [0.15, 0.2) is 23.7 Å². The van der Waals surface area contributed by atoms with Crippen molar-refractivity contribution < 1.29 is 38.1 Å². The zero-order chi connectivity index (χ0) is 16.9. The summed E-state index contributed by atoms with van der Waals surface area (Å²) in [6.07, 6.45) is -2.91. The van der Waals surface area contributed by atoms with Crippen molar-refractivity contribution in [2.24, 2.45) is 0 Å². The van der Waals surface area contributed by atoms with Gasteiger partial charge in [0.1, 0.15) is 0 Å². The fourth-order valence-corrected chi connectivity index (χ4v) is 3.21. The van der Waals surface area contributed by atoms with Gasteiger partial charge in [-0.05, 0) is 0 Å². The van der Waals surface area contributed by atoms with Crippen LogP contribution in [0.15, 0.2) is 0 Å². The minimum atomic E-state index is -1.06. The van der Waals surface area contributed by atoms with Crippen LogP contribution < -0.4 is 0 Å². The lowest BCUT2D eigenvalue weighted by Gasteiger charge is -2.39. The Morgan fingerprint density at radius 1 is 0.727 bits per heavy atom. The van der Waals surface area contributed by atoms with Crippen molar-refractivity contribution in [1.82, 2.24) is 0 Å². The Morgan fingerprint density at radius 2 is 1.18 bits per heavy atom. The van der Waals surface area contributed by atoms with E-state index in [0.717, 1.165) is 11.8 Å². The van der Waals surface area contributed by atoms with Crippen molar-refractivity contribution in [1.29, 1.82) is 0 Å². The molecule has 0 bridgehead atoms. The summed E-state index contributed by atoms with van der Waals surface area (Å²) in [5.74, 6) is -2.17. The van der Waals surface area contributed by atoms with Crippen molar-refractivity contribution >= 4 is 35.6 Å². The van der Waals surface area contributed by atoms with Gasteiger partial charge in [-0.3, -0.25) is 19.2 Å². The highest BCUT2D eigenvalue weighted by Gasteiger charge is 2.47. The van der Waals surface area contributed by atoms with E-state index >= 15 is 0 Å². The zero-order valence-corrected chi connectivity index (χ0v) is 13.5. The van der Waals surface area contributed by atoms with Gasteiger partial charge in [-0.15, -0.1) is 11.8 Å². The summed E-state index contributed by atoms with van der Waals surface area (Å²) in [5, 5.41) is 0. The quantitative estimate of drug-likeness (QED) is 0.534. The summed E-state index contributed by atoms with van der Waals surface area (Å²) in [7, 11) is 0. The summed E-state index contributed by atoms with van der Waals surface area (Å²) in [6, 6.07) is 0. The number of hydrogen-bond acceptors (Lipinski definition) is 9. The lowest BCUT2D eigenvalue weighted by molar-refractivity contribution is -0.191. The molecule has 1 heterocycles. The van der Waals surface area contributed by atoms with E-state index in [9.17, 15) is 19.2 Å². The van der Waals surface area contributed by atoms with Crippen LogP contribution in [0.5, 0.6) is 0 Å². The van der Waals surface area contributed by atoms with E-state index in [1.54, 1.807) is 0 Å². The van der Waals surface area contributed by atoms with Crippen LogP contribution in [0.2, 0.25) is 0 Å². The molecule has 1 aliphatic heterocycles. The first kappa shape index (κ1) is 18.3. The molecule has 0 aromatic rings. The van der Waals surface area contributed by atoms with Crippen LogP contribution in [0.1, 0.15) is 27.7 Å². The smallest absolute Gasteiger partial charge is 0.303 e. The lowest BCUT2D eigenvalue weighted by Crippen LogP contribution is -2.55. The summed E-state index contributed by atoms with van der Waals surface area (Å²) < 4.78 is 20.4. The average Bonchev–Trinajstić information content (AvgIpc) is 2.34. The maximum atomic E-state index is 11.3. The molecule has 0 aromatic heterocycles. The molecule has 1 rings (SSSR count). The molecule has 0 saturated carbocycles. The third-order valence-corrected chi connectivity index (χ3v) is 3.80. The number of carbonyl (C=O) groups is 4. The monoisotopic (exact) mass is 334 g/mol. The van der Waals surface area contributed by atoms with Crippen molar-refractivity contribution in [3.05, 3.63) is 0 Å². The minimum Gasteiger partial charge on any atom is -0.458 e. The number of hydrogen-bond donors (Lipinski definition) is 0. The van der Waals surface area contributed by atoms with Crippen molar-refractivity contribution in [3.63, 3.8) is 0 Å². The molecule has 4 atom stereocenters. The standard InChI is InChI=1S/C13H18O8S/c1-6(14)18-10-5-22-13(21-9(4)17)12(20-8(3)16)11(10)19-7(2)15/h10-13H,5H2,1-4H3/t10-,11+,12+,13+/m1/s1. The van der Waals surface area contributed by atoms with Gasteiger partial charge in [0.2, 0.25) is 0 Å². The van der Waals surface area contributed by atoms with Crippen molar-refractivity contribution in [2.45, 2.75) is 51.4 Å². The summed E-state index contributed by atoms with van der Waals surface area (Å²) in [6.45, 7) is 4.78. The number of rotatable bonds is 4. The fraction of sp³-hybridized carbons (Fsp3) is 0.692. The Bertz CT molecular complexity index is 421. The van der Waals surface area contributed by atoms with Crippen LogP contribution in [-0.4, -0.2) is 53.4 Å². The molecular formula is C13H18O8S. The molecule has 0 unspecified atom stereocenters. The summed E-state index contributed by atoms with van der Waals surface area (Å²) in [5.41, 5.74) is -0.849. The molecule has 0 N–H and O–H groups in total. The largest absolute Gasteiger partial charge is 0.458 e. The molecule has 0 spiro atoms.